The van der Waals surface area contributed by atoms with Gasteiger partial charge in [-0.3, -0.25) is 0 Å². The molecule has 0 spiro atoms. The maximum atomic E-state index is 13.0. The first kappa shape index (κ1) is 18.3. The molecule has 0 saturated carbocycles. The number of halogens is 1. The number of aryl methyl sites for hydroxylation is 1. The highest BCUT2D eigenvalue weighted by molar-refractivity contribution is 6.60. The molecule has 0 aliphatic heterocycles. The number of hydrogen-bond donors (Lipinski definition) is 0. The van der Waals surface area contributed by atoms with Gasteiger partial charge in [0.1, 0.15) is 5.82 Å². The van der Waals surface area contributed by atoms with E-state index in [4.69, 9.17) is 13.3 Å². The van der Waals surface area contributed by atoms with E-state index in [2.05, 4.69) is 0 Å². The Morgan fingerprint density at radius 1 is 1.05 bits per heavy atom. The summed E-state index contributed by atoms with van der Waals surface area (Å²) in [7, 11) is 0.899. The minimum Gasteiger partial charge on any atom is -0.377 e. The fourth-order valence-corrected chi connectivity index (χ4v) is 4.49. The van der Waals surface area contributed by atoms with Crippen molar-refractivity contribution in [2.45, 2.75) is 45.1 Å². The lowest BCUT2D eigenvalue weighted by atomic mass is 10.1. The summed E-state index contributed by atoms with van der Waals surface area (Å²) in [4.78, 5) is 0. The van der Waals surface area contributed by atoms with Gasteiger partial charge in [-0.25, -0.2) is 4.39 Å². The minimum atomic E-state index is -2.42. The Balaban J connectivity index is 2.19. The van der Waals surface area contributed by atoms with E-state index in [9.17, 15) is 4.39 Å². The molecule has 0 aromatic heterocycles. The van der Waals surface area contributed by atoms with Crippen LogP contribution in [0.3, 0.4) is 0 Å². The van der Waals surface area contributed by atoms with E-state index >= 15 is 0 Å². The third-order valence-corrected chi connectivity index (χ3v) is 6.51. The molecule has 0 fully saturated rings. The first-order chi connectivity index (χ1) is 10.2. The second kappa shape index (κ2) is 10.1. The average molecular weight is 314 g/mol. The lowest BCUT2D eigenvalue weighted by molar-refractivity contribution is 0.103. The highest BCUT2D eigenvalue weighted by atomic mass is 28.4. The molecule has 0 unspecified atom stereocenters. The van der Waals surface area contributed by atoms with Crippen LogP contribution in [0.15, 0.2) is 24.3 Å². The van der Waals surface area contributed by atoms with Crippen LogP contribution in [-0.4, -0.2) is 29.6 Å². The summed E-state index contributed by atoms with van der Waals surface area (Å²) < 4.78 is 29.7. The maximum Gasteiger partial charge on any atom is 0.500 e. The van der Waals surface area contributed by atoms with Gasteiger partial charge in [0.05, 0.1) is 0 Å². The van der Waals surface area contributed by atoms with E-state index in [1.807, 2.05) is 13.0 Å². The Hall–Kier alpha value is -0.753. The van der Waals surface area contributed by atoms with Crippen molar-refractivity contribution in [3.05, 3.63) is 35.6 Å². The SMILES string of the molecule is CCO[Si](CCCCCCc1cccc(F)c1)(OC)OC. The van der Waals surface area contributed by atoms with Gasteiger partial charge in [-0.1, -0.05) is 25.0 Å². The predicted octanol–water partition coefficient (Wildman–Crippen LogP) is 4.20. The maximum absolute atomic E-state index is 13.0. The number of unbranched alkanes of at least 4 members (excludes halogenated alkanes) is 3. The molecule has 0 N–H and O–H groups in total. The third-order valence-electron chi connectivity index (χ3n) is 3.57. The number of rotatable bonds is 11. The molecule has 0 atom stereocenters. The Morgan fingerprint density at radius 3 is 2.38 bits per heavy atom. The molecule has 1 rings (SSSR count). The van der Waals surface area contributed by atoms with Crippen LogP contribution in [0.1, 0.15) is 38.2 Å². The highest BCUT2D eigenvalue weighted by Crippen LogP contribution is 2.19. The zero-order valence-corrected chi connectivity index (χ0v) is 14.4. The fraction of sp³-hybridized carbons (Fsp3) is 0.625. The molecular weight excluding hydrogens is 287 g/mol. The van der Waals surface area contributed by atoms with Gasteiger partial charge < -0.3 is 13.3 Å². The molecule has 0 amide bonds. The predicted molar refractivity (Wildman–Crippen MR) is 84.8 cm³/mol. The third kappa shape index (κ3) is 6.69. The quantitative estimate of drug-likeness (QED) is 0.452. The van der Waals surface area contributed by atoms with E-state index in [1.165, 1.54) is 6.07 Å². The largest absolute Gasteiger partial charge is 0.500 e. The van der Waals surface area contributed by atoms with Gasteiger partial charge in [0.25, 0.3) is 0 Å². The number of benzene rings is 1. The summed E-state index contributed by atoms with van der Waals surface area (Å²) >= 11 is 0. The lowest BCUT2D eigenvalue weighted by Crippen LogP contribution is -2.43. The smallest absolute Gasteiger partial charge is 0.377 e. The fourth-order valence-electron chi connectivity index (χ4n) is 2.41. The lowest BCUT2D eigenvalue weighted by Gasteiger charge is -2.25. The summed E-state index contributed by atoms with van der Waals surface area (Å²) in [6.45, 7) is 2.58. The van der Waals surface area contributed by atoms with Gasteiger partial charge >= 0.3 is 8.80 Å². The zero-order chi connectivity index (χ0) is 15.6. The van der Waals surface area contributed by atoms with Crippen molar-refractivity contribution >= 4 is 8.80 Å². The molecule has 1 aromatic carbocycles. The van der Waals surface area contributed by atoms with Crippen molar-refractivity contribution in [2.24, 2.45) is 0 Å². The summed E-state index contributed by atoms with van der Waals surface area (Å²) in [5.41, 5.74) is 1.07. The molecule has 0 saturated heterocycles. The summed E-state index contributed by atoms with van der Waals surface area (Å²) in [6.07, 6.45) is 5.29. The van der Waals surface area contributed by atoms with Gasteiger partial charge in [0.15, 0.2) is 0 Å². The molecular formula is C16H27FO3Si. The summed E-state index contributed by atoms with van der Waals surface area (Å²) in [6, 6.07) is 7.70. The second-order valence-corrected chi connectivity index (χ2v) is 8.04. The highest BCUT2D eigenvalue weighted by Gasteiger charge is 2.37. The van der Waals surface area contributed by atoms with E-state index in [1.54, 1.807) is 26.4 Å². The van der Waals surface area contributed by atoms with E-state index in [-0.39, 0.29) is 5.82 Å². The van der Waals surface area contributed by atoms with Crippen LogP contribution in [0.5, 0.6) is 0 Å². The van der Waals surface area contributed by atoms with Gasteiger partial charge in [0.2, 0.25) is 0 Å². The standard InChI is InChI=1S/C16H27FO3Si/c1-4-20-21(18-2,19-3)13-8-6-5-7-10-15-11-9-12-16(17)14-15/h9,11-12,14H,4-8,10,13H2,1-3H3. The van der Waals surface area contributed by atoms with Crippen LogP contribution < -0.4 is 0 Å². The van der Waals surface area contributed by atoms with Crippen LogP contribution in [0, 0.1) is 5.82 Å². The summed E-state index contributed by atoms with van der Waals surface area (Å²) in [5, 5.41) is 0. The Labute approximate surface area is 128 Å². The summed E-state index contributed by atoms with van der Waals surface area (Å²) in [5.74, 6) is -0.153. The normalized spacial score (nSPS) is 11.8. The van der Waals surface area contributed by atoms with Gasteiger partial charge in [-0.15, -0.1) is 0 Å². The minimum absolute atomic E-state index is 0.153. The van der Waals surface area contributed by atoms with Crippen LogP contribution in [-0.2, 0) is 19.7 Å². The molecule has 120 valence electrons. The van der Waals surface area contributed by atoms with Crippen molar-refractivity contribution in [1.29, 1.82) is 0 Å². The van der Waals surface area contributed by atoms with Crippen LogP contribution in [0.4, 0.5) is 4.39 Å². The monoisotopic (exact) mass is 314 g/mol. The molecule has 5 heteroatoms. The molecule has 0 heterocycles. The van der Waals surface area contributed by atoms with Gasteiger partial charge in [-0.2, -0.15) is 0 Å². The van der Waals surface area contributed by atoms with Crippen LogP contribution in [0.25, 0.3) is 0 Å². The van der Waals surface area contributed by atoms with Gasteiger partial charge in [-0.05, 0) is 43.9 Å². The Kier molecular flexibility index (Phi) is 8.76. The van der Waals surface area contributed by atoms with Crippen molar-refractivity contribution in [3.63, 3.8) is 0 Å². The number of hydrogen-bond acceptors (Lipinski definition) is 3. The van der Waals surface area contributed by atoms with Crippen molar-refractivity contribution < 1.29 is 17.7 Å². The van der Waals surface area contributed by atoms with Gasteiger partial charge in [0, 0.05) is 26.9 Å². The van der Waals surface area contributed by atoms with E-state index in [0.717, 1.165) is 43.7 Å². The average Bonchev–Trinajstić information content (AvgIpc) is 2.50. The zero-order valence-electron chi connectivity index (χ0n) is 13.4. The van der Waals surface area contributed by atoms with Crippen molar-refractivity contribution in [2.75, 3.05) is 20.8 Å². The molecule has 21 heavy (non-hydrogen) atoms. The first-order valence-electron chi connectivity index (χ1n) is 7.64. The topological polar surface area (TPSA) is 27.7 Å². The Morgan fingerprint density at radius 2 is 1.76 bits per heavy atom. The van der Waals surface area contributed by atoms with E-state index < -0.39 is 8.80 Å². The van der Waals surface area contributed by atoms with E-state index in [0.29, 0.717) is 6.61 Å². The van der Waals surface area contributed by atoms with Crippen LogP contribution >= 0.6 is 0 Å². The van der Waals surface area contributed by atoms with Crippen LogP contribution in [0.2, 0.25) is 6.04 Å². The van der Waals surface area contributed by atoms with Crippen molar-refractivity contribution in [3.8, 4) is 0 Å². The second-order valence-electron chi connectivity index (χ2n) is 5.07. The molecule has 0 aliphatic carbocycles. The molecule has 0 aliphatic rings. The molecule has 3 nitrogen and oxygen atoms in total. The molecule has 0 bridgehead atoms. The molecule has 1 aromatic rings. The molecule has 0 radical (unpaired) electrons. The first-order valence-corrected chi connectivity index (χ1v) is 9.57. The van der Waals surface area contributed by atoms with Crippen molar-refractivity contribution in [1.82, 2.24) is 0 Å². The Bertz CT molecular complexity index is 397.